The van der Waals surface area contributed by atoms with E-state index >= 15 is 0 Å². The van der Waals surface area contributed by atoms with Gasteiger partial charge in [-0.2, -0.15) is 13.2 Å². The molecule has 0 radical (unpaired) electrons. The number of nitrogens with zero attached hydrogens (tertiary/aromatic N) is 2. The van der Waals surface area contributed by atoms with Crippen molar-refractivity contribution in [2.45, 2.75) is 56.8 Å². The van der Waals surface area contributed by atoms with Crippen molar-refractivity contribution in [3.63, 3.8) is 0 Å². The first-order valence-electron chi connectivity index (χ1n) is 15.3. The molecular formula is C36H38F3N3O4S. The Labute approximate surface area is 274 Å². The first kappa shape index (κ1) is 35.2. The van der Waals surface area contributed by atoms with Crippen LogP contribution in [0.3, 0.4) is 0 Å². The van der Waals surface area contributed by atoms with Gasteiger partial charge in [-0.15, -0.1) is 0 Å². The minimum atomic E-state index is -4.75. The summed E-state index contributed by atoms with van der Waals surface area (Å²) in [5, 5.41) is 2.92. The Hall–Kier alpha value is -4.64. The molecule has 1 N–H and O–H groups in total. The highest BCUT2D eigenvalue weighted by Crippen LogP contribution is 2.33. The Morgan fingerprint density at radius 2 is 1.49 bits per heavy atom. The number of amides is 2. The van der Waals surface area contributed by atoms with Gasteiger partial charge >= 0.3 is 6.18 Å². The lowest BCUT2D eigenvalue weighted by Crippen LogP contribution is -2.53. The van der Waals surface area contributed by atoms with Gasteiger partial charge in [0.1, 0.15) is 12.6 Å². The summed E-state index contributed by atoms with van der Waals surface area (Å²) in [6, 6.07) is 26.4. The Morgan fingerprint density at radius 3 is 2.13 bits per heavy atom. The molecule has 0 aliphatic heterocycles. The summed E-state index contributed by atoms with van der Waals surface area (Å²) in [6.45, 7) is 3.34. The predicted octanol–water partition coefficient (Wildman–Crippen LogP) is 6.77. The first-order chi connectivity index (χ1) is 22.4. The predicted molar refractivity (Wildman–Crippen MR) is 176 cm³/mol. The third kappa shape index (κ3) is 9.22. The maximum absolute atomic E-state index is 14.5. The maximum atomic E-state index is 14.5. The zero-order valence-corrected chi connectivity index (χ0v) is 27.1. The summed E-state index contributed by atoms with van der Waals surface area (Å²) in [6.07, 6.45) is -3.07. The number of hydrogen-bond donors (Lipinski definition) is 1. The van der Waals surface area contributed by atoms with E-state index in [4.69, 9.17) is 0 Å². The van der Waals surface area contributed by atoms with E-state index in [9.17, 15) is 31.2 Å². The number of unbranched alkanes of at least 4 members (excludes halogenated alkanes) is 1. The van der Waals surface area contributed by atoms with Crippen molar-refractivity contribution in [1.82, 2.24) is 10.2 Å². The molecule has 1 atom stereocenters. The molecule has 0 aliphatic carbocycles. The summed E-state index contributed by atoms with van der Waals surface area (Å²) < 4.78 is 70.0. The second kappa shape index (κ2) is 15.8. The van der Waals surface area contributed by atoms with Crippen molar-refractivity contribution in [3.8, 4) is 0 Å². The van der Waals surface area contributed by atoms with E-state index in [1.807, 2.05) is 62.4 Å². The first-order valence-corrected chi connectivity index (χ1v) is 16.8. The molecule has 2 amide bonds. The van der Waals surface area contributed by atoms with Crippen molar-refractivity contribution < 1.29 is 31.2 Å². The van der Waals surface area contributed by atoms with Crippen molar-refractivity contribution >= 4 is 27.5 Å². The standard InChI is InChI=1S/C36H38F3N3O4S/c1-3-4-22-40-35(44)33(23-28-15-7-5-8-16-28)41(25-29-17-12-11-14-27(29)2)34(43)26-42(47(45,46)32-20-9-6-10-21-32)31-19-13-18-30(24-31)36(37,38)39/h5-21,24,33H,3-4,22-23,25-26H2,1-2H3,(H,40,44). The molecule has 4 rings (SSSR count). The lowest BCUT2D eigenvalue weighted by atomic mass is 10.0. The molecule has 4 aromatic carbocycles. The second-order valence-electron chi connectivity index (χ2n) is 11.2. The lowest BCUT2D eigenvalue weighted by molar-refractivity contribution is -0.140. The van der Waals surface area contributed by atoms with Crippen LogP contribution in [0.4, 0.5) is 18.9 Å². The molecule has 248 valence electrons. The molecule has 0 saturated heterocycles. The molecule has 4 aromatic rings. The Kier molecular flexibility index (Phi) is 11.8. The van der Waals surface area contributed by atoms with Crippen LogP contribution in [0.5, 0.6) is 0 Å². The normalized spacial score (nSPS) is 12.3. The highest BCUT2D eigenvalue weighted by Gasteiger charge is 2.36. The zero-order valence-electron chi connectivity index (χ0n) is 26.3. The Bertz CT molecular complexity index is 1750. The fourth-order valence-electron chi connectivity index (χ4n) is 5.12. The van der Waals surface area contributed by atoms with E-state index in [-0.39, 0.29) is 23.5 Å². The quantitative estimate of drug-likeness (QED) is 0.151. The molecule has 0 heterocycles. The maximum Gasteiger partial charge on any atom is 0.416 e. The van der Waals surface area contributed by atoms with E-state index < -0.39 is 46.2 Å². The summed E-state index contributed by atoms with van der Waals surface area (Å²) in [4.78, 5) is 29.4. The van der Waals surface area contributed by atoms with E-state index in [0.29, 0.717) is 23.3 Å². The molecule has 0 aromatic heterocycles. The lowest BCUT2D eigenvalue weighted by Gasteiger charge is -2.34. The van der Waals surface area contributed by atoms with Gasteiger partial charge in [-0.3, -0.25) is 13.9 Å². The number of carbonyl (C=O) groups excluding carboxylic acids is 2. The van der Waals surface area contributed by atoms with Gasteiger partial charge in [0.15, 0.2) is 0 Å². The molecule has 0 saturated carbocycles. The number of rotatable bonds is 14. The number of halogens is 3. The number of anilines is 1. The van der Waals surface area contributed by atoms with Gasteiger partial charge in [0.2, 0.25) is 11.8 Å². The van der Waals surface area contributed by atoms with Crippen molar-refractivity contribution in [3.05, 3.63) is 131 Å². The molecule has 7 nitrogen and oxygen atoms in total. The fourth-order valence-corrected chi connectivity index (χ4v) is 6.54. The van der Waals surface area contributed by atoms with Crippen LogP contribution in [-0.4, -0.2) is 44.3 Å². The van der Waals surface area contributed by atoms with Crippen LogP contribution in [-0.2, 0) is 38.8 Å². The summed E-state index contributed by atoms with van der Waals surface area (Å²) >= 11 is 0. The van der Waals surface area contributed by atoms with Gasteiger partial charge < -0.3 is 10.2 Å². The second-order valence-corrected chi connectivity index (χ2v) is 13.0. The van der Waals surface area contributed by atoms with Crippen LogP contribution in [0.2, 0.25) is 0 Å². The summed E-state index contributed by atoms with van der Waals surface area (Å²) in [7, 11) is -4.53. The third-order valence-corrected chi connectivity index (χ3v) is 9.56. The topological polar surface area (TPSA) is 86.8 Å². The van der Waals surface area contributed by atoms with E-state index in [1.165, 1.54) is 35.2 Å². The number of aryl methyl sites for hydroxylation is 1. The minimum absolute atomic E-state index is 0.0357. The SMILES string of the molecule is CCCCNC(=O)C(Cc1ccccc1)N(Cc1ccccc1C)C(=O)CN(c1cccc(C(F)(F)F)c1)S(=O)(=O)c1ccccc1. The van der Waals surface area contributed by atoms with Gasteiger partial charge in [0.25, 0.3) is 10.0 Å². The van der Waals surface area contributed by atoms with Crippen LogP contribution in [0, 0.1) is 6.92 Å². The Balaban J connectivity index is 1.83. The number of carbonyl (C=O) groups is 2. The number of sulfonamides is 1. The largest absolute Gasteiger partial charge is 0.416 e. The van der Waals surface area contributed by atoms with Crippen LogP contribution < -0.4 is 9.62 Å². The van der Waals surface area contributed by atoms with Crippen LogP contribution in [0.1, 0.15) is 42.0 Å². The summed E-state index contributed by atoms with van der Waals surface area (Å²) in [5.74, 6) is -1.17. The molecule has 47 heavy (non-hydrogen) atoms. The third-order valence-electron chi connectivity index (χ3n) is 7.77. The van der Waals surface area contributed by atoms with Crippen molar-refractivity contribution in [2.24, 2.45) is 0 Å². The molecular weight excluding hydrogens is 627 g/mol. The molecule has 0 bridgehead atoms. The van der Waals surface area contributed by atoms with Gasteiger partial charge in [-0.05, 0) is 60.4 Å². The fraction of sp³-hybridized carbons (Fsp3) is 0.278. The highest BCUT2D eigenvalue weighted by molar-refractivity contribution is 7.92. The number of benzene rings is 4. The molecule has 0 aliphatic rings. The molecule has 0 fully saturated rings. The van der Waals surface area contributed by atoms with Crippen LogP contribution in [0.15, 0.2) is 114 Å². The van der Waals surface area contributed by atoms with E-state index in [1.54, 1.807) is 12.1 Å². The average Bonchev–Trinajstić information content (AvgIpc) is 3.06. The highest BCUT2D eigenvalue weighted by atomic mass is 32.2. The monoisotopic (exact) mass is 665 g/mol. The number of nitrogens with one attached hydrogen (secondary N) is 1. The van der Waals surface area contributed by atoms with Crippen molar-refractivity contribution in [1.29, 1.82) is 0 Å². The van der Waals surface area contributed by atoms with E-state index in [0.717, 1.165) is 35.2 Å². The minimum Gasteiger partial charge on any atom is -0.354 e. The van der Waals surface area contributed by atoms with Gasteiger partial charge in [0, 0.05) is 19.5 Å². The Morgan fingerprint density at radius 1 is 0.851 bits per heavy atom. The smallest absolute Gasteiger partial charge is 0.354 e. The summed E-state index contributed by atoms with van der Waals surface area (Å²) in [5.41, 5.74) is 0.959. The average molecular weight is 666 g/mol. The van der Waals surface area contributed by atoms with Crippen molar-refractivity contribution in [2.75, 3.05) is 17.4 Å². The zero-order chi connectivity index (χ0) is 34.0. The molecule has 1 unspecified atom stereocenters. The number of hydrogen-bond acceptors (Lipinski definition) is 4. The van der Waals surface area contributed by atoms with Gasteiger partial charge in [-0.1, -0.05) is 92.2 Å². The van der Waals surface area contributed by atoms with Crippen LogP contribution in [0.25, 0.3) is 0 Å². The molecule has 0 spiro atoms. The van der Waals surface area contributed by atoms with E-state index in [2.05, 4.69) is 5.32 Å². The molecule has 11 heteroatoms. The van der Waals surface area contributed by atoms with Crippen LogP contribution >= 0.6 is 0 Å². The van der Waals surface area contributed by atoms with Gasteiger partial charge in [0.05, 0.1) is 16.1 Å². The van der Waals surface area contributed by atoms with Gasteiger partial charge in [-0.25, -0.2) is 8.42 Å². The number of alkyl halides is 3.